The first kappa shape index (κ1) is 18.2. The molecule has 4 nitrogen and oxygen atoms in total. The molecule has 138 valence electrons. The first-order valence-corrected chi connectivity index (χ1v) is 9.04. The van der Waals surface area contributed by atoms with Gasteiger partial charge in [0, 0.05) is 6.07 Å². The van der Waals surface area contributed by atoms with Gasteiger partial charge in [-0.15, -0.1) is 0 Å². The van der Waals surface area contributed by atoms with Gasteiger partial charge < -0.3 is 9.47 Å². The molecule has 0 atom stereocenters. The topological polar surface area (TPSA) is 38.8 Å². The highest BCUT2D eigenvalue weighted by Crippen LogP contribution is 2.30. The van der Waals surface area contributed by atoms with E-state index in [-0.39, 0.29) is 0 Å². The number of ether oxygens (including phenoxy) is 2. The SMILES string of the molecule is COc1cccc(N(C(=O)OCC2CCCCC2)c2cccc(F)c2)c1. The summed E-state index contributed by atoms with van der Waals surface area (Å²) < 4.78 is 24.6. The fourth-order valence-corrected chi connectivity index (χ4v) is 3.33. The van der Waals surface area contributed by atoms with Gasteiger partial charge >= 0.3 is 6.09 Å². The molecule has 0 aromatic heterocycles. The average molecular weight is 357 g/mol. The van der Waals surface area contributed by atoms with Crippen molar-refractivity contribution < 1.29 is 18.7 Å². The van der Waals surface area contributed by atoms with Crippen molar-refractivity contribution in [1.82, 2.24) is 0 Å². The summed E-state index contributed by atoms with van der Waals surface area (Å²) in [4.78, 5) is 14.2. The van der Waals surface area contributed by atoms with E-state index in [1.165, 1.54) is 36.3 Å². The summed E-state index contributed by atoms with van der Waals surface area (Å²) in [7, 11) is 1.56. The summed E-state index contributed by atoms with van der Waals surface area (Å²) in [6, 6.07) is 13.0. The maximum absolute atomic E-state index is 13.7. The summed E-state index contributed by atoms with van der Waals surface area (Å²) in [6.07, 6.45) is 5.30. The van der Waals surface area contributed by atoms with Crippen molar-refractivity contribution in [2.24, 2.45) is 5.92 Å². The second-order valence-electron chi connectivity index (χ2n) is 6.60. The van der Waals surface area contributed by atoms with Crippen LogP contribution in [0.2, 0.25) is 0 Å². The highest BCUT2D eigenvalue weighted by atomic mass is 19.1. The molecule has 2 aromatic rings. The normalized spacial score (nSPS) is 14.7. The minimum atomic E-state index is -0.505. The first-order chi connectivity index (χ1) is 12.7. The molecule has 0 radical (unpaired) electrons. The highest BCUT2D eigenvalue weighted by molar-refractivity contribution is 5.96. The van der Waals surface area contributed by atoms with Gasteiger partial charge in [0.05, 0.1) is 25.1 Å². The third-order valence-electron chi connectivity index (χ3n) is 4.73. The fourth-order valence-electron chi connectivity index (χ4n) is 3.33. The zero-order chi connectivity index (χ0) is 18.4. The van der Waals surface area contributed by atoms with E-state index in [0.717, 1.165) is 12.8 Å². The Labute approximate surface area is 153 Å². The van der Waals surface area contributed by atoms with Gasteiger partial charge in [0.2, 0.25) is 0 Å². The molecule has 1 amide bonds. The zero-order valence-corrected chi connectivity index (χ0v) is 15.0. The van der Waals surface area contributed by atoms with Gasteiger partial charge in [-0.25, -0.2) is 14.1 Å². The van der Waals surface area contributed by atoms with Crippen molar-refractivity contribution in [3.8, 4) is 5.75 Å². The van der Waals surface area contributed by atoms with Crippen molar-refractivity contribution >= 4 is 17.5 Å². The lowest BCUT2D eigenvalue weighted by molar-refractivity contribution is 0.124. The molecule has 1 aliphatic rings. The van der Waals surface area contributed by atoms with E-state index in [0.29, 0.717) is 29.6 Å². The van der Waals surface area contributed by atoms with Crippen LogP contribution in [0.15, 0.2) is 48.5 Å². The zero-order valence-electron chi connectivity index (χ0n) is 15.0. The Kier molecular flexibility index (Phi) is 6.10. The maximum Gasteiger partial charge on any atom is 0.418 e. The van der Waals surface area contributed by atoms with Crippen LogP contribution in [0.5, 0.6) is 5.75 Å². The number of hydrogen-bond acceptors (Lipinski definition) is 3. The lowest BCUT2D eigenvalue weighted by atomic mass is 9.90. The number of methoxy groups -OCH3 is 1. The molecule has 0 spiro atoms. The summed E-state index contributed by atoms with van der Waals surface area (Å²) in [5, 5.41) is 0. The number of amides is 1. The summed E-state index contributed by atoms with van der Waals surface area (Å²) in [6.45, 7) is 0.397. The van der Waals surface area contributed by atoms with Crippen LogP contribution in [0, 0.1) is 11.7 Å². The molecule has 0 N–H and O–H groups in total. The summed E-state index contributed by atoms with van der Waals surface area (Å²) in [5.74, 6) is 0.617. The Balaban J connectivity index is 1.83. The molecule has 26 heavy (non-hydrogen) atoms. The predicted octanol–water partition coefficient (Wildman–Crippen LogP) is 5.69. The van der Waals surface area contributed by atoms with Gasteiger partial charge in [0.1, 0.15) is 11.6 Å². The summed E-state index contributed by atoms with van der Waals surface area (Å²) in [5.41, 5.74) is 0.996. The van der Waals surface area contributed by atoms with Crippen molar-refractivity contribution in [3.63, 3.8) is 0 Å². The second-order valence-corrected chi connectivity index (χ2v) is 6.60. The minimum absolute atomic E-state index is 0.397. The molecule has 0 bridgehead atoms. The van der Waals surface area contributed by atoms with Crippen molar-refractivity contribution in [1.29, 1.82) is 0 Å². The lowest BCUT2D eigenvalue weighted by Crippen LogP contribution is -2.29. The number of halogens is 1. The average Bonchev–Trinajstić information content (AvgIpc) is 2.68. The quantitative estimate of drug-likeness (QED) is 0.690. The number of rotatable bonds is 5. The van der Waals surface area contributed by atoms with Gasteiger partial charge in [-0.05, 0) is 49.1 Å². The van der Waals surface area contributed by atoms with Crippen molar-refractivity contribution in [2.45, 2.75) is 32.1 Å². The van der Waals surface area contributed by atoms with Crippen LogP contribution in [-0.4, -0.2) is 19.8 Å². The van der Waals surface area contributed by atoms with E-state index in [9.17, 15) is 9.18 Å². The Morgan fingerprint density at radius 3 is 2.46 bits per heavy atom. The van der Waals surface area contributed by atoms with Crippen LogP contribution in [-0.2, 0) is 4.74 Å². The molecule has 1 aliphatic carbocycles. The molecule has 1 fully saturated rings. The number of nitrogens with zero attached hydrogens (tertiary/aromatic N) is 1. The van der Waals surface area contributed by atoms with Crippen LogP contribution in [0.4, 0.5) is 20.6 Å². The van der Waals surface area contributed by atoms with Gasteiger partial charge in [-0.1, -0.05) is 31.4 Å². The van der Waals surface area contributed by atoms with E-state index < -0.39 is 11.9 Å². The van der Waals surface area contributed by atoms with E-state index in [1.807, 2.05) is 0 Å². The molecule has 0 aliphatic heterocycles. The monoisotopic (exact) mass is 357 g/mol. The van der Waals surface area contributed by atoms with E-state index in [1.54, 1.807) is 43.5 Å². The largest absolute Gasteiger partial charge is 0.497 e. The predicted molar refractivity (Wildman–Crippen MR) is 99.5 cm³/mol. The first-order valence-electron chi connectivity index (χ1n) is 9.04. The van der Waals surface area contributed by atoms with Crippen LogP contribution in [0.3, 0.4) is 0 Å². The van der Waals surface area contributed by atoms with Crippen LogP contribution >= 0.6 is 0 Å². The summed E-state index contributed by atoms with van der Waals surface area (Å²) >= 11 is 0. The molecule has 1 saturated carbocycles. The highest BCUT2D eigenvalue weighted by Gasteiger charge is 2.23. The van der Waals surface area contributed by atoms with E-state index >= 15 is 0 Å². The van der Waals surface area contributed by atoms with Crippen LogP contribution in [0.1, 0.15) is 32.1 Å². The van der Waals surface area contributed by atoms with Crippen LogP contribution < -0.4 is 9.64 Å². The van der Waals surface area contributed by atoms with Crippen LogP contribution in [0.25, 0.3) is 0 Å². The Bertz CT molecular complexity index is 744. The fraction of sp³-hybridized carbons (Fsp3) is 0.381. The number of hydrogen-bond donors (Lipinski definition) is 0. The standard InChI is InChI=1S/C21H24FNO3/c1-25-20-12-6-11-19(14-20)23(18-10-5-9-17(22)13-18)21(24)26-15-16-7-3-2-4-8-16/h5-6,9-14,16H,2-4,7-8,15H2,1H3. The molecule has 0 heterocycles. The Morgan fingerprint density at radius 1 is 1.08 bits per heavy atom. The van der Waals surface area contributed by atoms with Crippen molar-refractivity contribution in [3.05, 3.63) is 54.3 Å². The Morgan fingerprint density at radius 2 is 1.77 bits per heavy atom. The number of carbonyl (C=O) groups excluding carboxylic acids is 1. The molecule has 2 aromatic carbocycles. The van der Waals surface area contributed by atoms with Crippen molar-refractivity contribution in [2.75, 3.05) is 18.6 Å². The Hall–Kier alpha value is -2.56. The smallest absolute Gasteiger partial charge is 0.418 e. The second kappa shape index (κ2) is 8.70. The van der Waals surface area contributed by atoms with Gasteiger partial charge in [-0.2, -0.15) is 0 Å². The molecule has 3 rings (SSSR count). The third kappa shape index (κ3) is 4.54. The van der Waals surface area contributed by atoms with Gasteiger partial charge in [-0.3, -0.25) is 0 Å². The van der Waals surface area contributed by atoms with E-state index in [4.69, 9.17) is 9.47 Å². The van der Waals surface area contributed by atoms with Gasteiger partial charge in [0.25, 0.3) is 0 Å². The van der Waals surface area contributed by atoms with Gasteiger partial charge in [0.15, 0.2) is 0 Å². The molecular weight excluding hydrogens is 333 g/mol. The molecule has 0 saturated heterocycles. The minimum Gasteiger partial charge on any atom is -0.497 e. The maximum atomic E-state index is 13.7. The number of benzene rings is 2. The number of anilines is 2. The molecular formula is C21H24FNO3. The third-order valence-corrected chi connectivity index (χ3v) is 4.73. The molecule has 0 unspecified atom stereocenters. The van der Waals surface area contributed by atoms with E-state index in [2.05, 4.69) is 0 Å². The number of carbonyl (C=O) groups is 1. The molecule has 5 heteroatoms. The lowest BCUT2D eigenvalue weighted by Gasteiger charge is -2.26.